The number of carbonyl (C=O) groups excluding carboxylic acids is 1. The molecule has 1 aromatic carbocycles. The number of aromatic nitrogens is 1. The molecule has 1 aliphatic heterocycles. The van der Waals surface area contributed by atoms with Gasteiger partial charge in [-0.25, -0.2) is 4.79 Å². The summed E-state index contributed by atoms with van der Waals surface area (Å²) < 4.78 is 1.89. The van der Waals surface area contributed by atoms with Crippen molar-refractivity contribution in [1.29, 1.82) is 0 Å². The van der Waals surface area contributed by atoms with E-state index in [1.54, 1.807) is 11.1 Å². The SMILES string of the molecule is Cn1cc(Cl)cc1CNC(=O)N1CCc2ccccc2[C@H]1CO. The molecule has 0 fully saturated rings. The van der Waals surface area contributed by atoms with Crippen molar-refractivity contribution in [1.82, 2.24) is 14.8 Å². The van der Waals surface area contributed by atoms with Crippen molar-refractivity contribution < 1.29 is 9.90 Å². The molecule has 2 N–H and O–H groups in total. The lowest BCUT2D eigenvalue weighted by molar-refractivity contribution is 0.126. The lowest BCUT2D eigenvalue weighted by Gasteiger charge is -2.36. The largest absolute Gasteiger partial charge is 0.394 e. The van der Waals surface area contributed by atoms with Crippen LogP contribution in [0.2, 0.25) is 5.02 Å². The topological polar surface area (TPSA) is 57.5 Å². The molecule has 2 heterocycles. The standard InChI is InChI=1S/C17H20ClN3O2/c1-20-10-13(18)8-14(20)9-19-17(23)21-7-6-12-4-2-3-5-15(12)16(21)11-22/h2-5,8,10,16,22H,6-7,9,11H2,1H3,(H,19,23)/t16-/m1/s1. The summed E-state index contributed by atoms with van der Waals surface area (Å²) >= 11 is 5.95. The highest BCUT2D eigenvalue weighted by molar-refractivity contribution is 6.30. The van der Waals surface area contributed by atoms with Crippen molar-refractivity contribution >= 4 is 17.6 Å². The van der Waals surface area contributed by atoms with Crippen molar-refractivity contribution in [3.8, 4) is 0 Å². The number of fused-ring (bicyclic) bond motifs is 1. The fourth-order valence-electron chi connectivity index (χ4n) is 3.10. The van der Waals surface area contributed by atoms with Crippen molar-refractivity contribution in [3.63, 3.8) is 0 Å². The Balaban J connectivity index is 1.71. The Morgan fingerprint density at radius 1 is 1.43 bits per heavy atom. The molecule has 1 aromatic heterocycles. The van der Waals surface area contributed by atoms with Crippen LogP contribution in [0.5, 0.6) is 0 Å². The highest BCUT2D eigenvalue weighted by Gasteiger charge is 2.29. The second kappa shape index (κ2) is 6.64. The van der Waals surface area contributed by atoms with E-state index in [4.69, 9.17) is 11.6 Å². The van der Waals surface area contributed by atoms with E-state index in [0.29, 0.717) is 18.1 Å². The monoisotopic (exact) mass is 333 g/mol. The summed E-state index contributed by atoms with van der Waals surface area (Å²) in [4.78, 5) is 14.2. The number of aliphatic hydroxyl groups excluding tert-OH is 1. The average Bonchev–Trinajstić information content (AvgIpc) is 2.89. The molecule has 5 nitrogen and oxygen atoms in total. The quantitative estimate of drug-likeness (QED) is 0.906. The molecule has 0 aliphatic carbocycles. The minimum Gasteiger partial charge on any atom is -0.394 e. The number of aliphatic hydroxyl groups is 1. The van der Waals surface area contributed by atoms with E-state index in [0.717, 1.165) is 17.7 Å². The number of carbonyl (C=O) groups is 1. The van der Waals surface area contributed by atoms with Crippen LogP contribution in [0.15, 0.2) is 36.5 Å². The Hall–Kier alpha value is -1.98. The number of benzene rings is 1. The molecule has 0 saturated carbocycles. The van der Waals surface area contributed by atoms with Crippen molar-refractivity contribution in [2.45, 2.75) is 19.0 Å². The zero-order valence-electron chi connectivity index (χ0n) is 13.0. The third kappa shape index (κ3) is 3.21. The van der Waals surface area contributed by atoms with Gasteiger partial charge < -0.3 is 19.9 Å². The number of hydrogen-bond acceptors (Lipinski definition) is 2. The van der Waals surface area contributed by atoms with Gasteiger partial charge in [-0.1, -0.05) is 35.9 Å². The summed E-state index contributed by atoms with van der Waals surface area (Å²) in [6, 6.07) is 9.33. The van der Waals surface area contributed by atoms with Crippen LogP contribution in [0.3, 0.4) is 0 Å². The second-order valence-electron chi connectivity index (χ2n) is 5.76. The van der Waals surface area contributed by atoms with Gasteiger partial charge in [0.2, 0.25) is 0 Å². The molecule has 2 amide bonds. The van der Waals surface area contributed by atoms with Crippen molar-refractivity contribution in [3.05, 3.63) is 58.4 Å². The molecule has 122 valence electrons. The van der Waals surface area contributed by atoms with Crippen molar-refractivity contribution in [2.75, 3.05) is 13.2 Å². The van der Waals surface area contributed by atoms with E-state index < -0.39 is 0 Å². The van der Waals surface area contributed by atoms with E-state index in [9.17, 15) is 9.90 Å². The molecule has 1 atom stereocenters. The summed E-state index contributed by atoms with van der Waals surface area (Å²) in [5.41, 5.74) is 3.16. The van der Waals surface area contributed by atoms with Crippen LogP contribution in [-0.4, -0.2) is 33.8 Å². The van der Waals surface area contributed by atoms with Crippen LogP contribution < -0.4 is 5.32 Å². The highest BCUT2D eigenvalue weighted by Crippen LogP contribution is 2.29. The number of aryl methyl sites for hydroxylation is 1. The van der Waals surface area contributed by atoms with E-state index in [2.05, 4.69) is 11.4 Å². The van der Waals surface area contributed by atoms with Gasteiger partial charge in [-0.05, 0) is 23.6 Å². The number of nitrogens with one attached hydrogen (secondary N) is 1. The Bertz CT molecular complexity index is 714. The Morgan fingerprint density at radius 3 is 2.91 bits per heavy atom. The maximum absolute atomic E-state index is 12.5. The first kappa shape index (κ1) is 15.9. The first-order chi connectivity index (χ1) is 11.1. The minimum absolute atomic E-state index is 0.0829. The summed E-state index contributed by atoms with van der Waals surface area (Å²) in [6.45, 7) is 0.917. The van der Waals surface area contributed by atoms with Gasteiger partial charge in [-0.3, -0.25) is 0 Å². The van der Waals surface area contributed by atoms with E-state index in [1.165, 1.54) is 5.56 Å². The van der Waals surface area contributed by atoms with Gasteiger partial charge in [-0.15, -0.1) is 0 Å². The van der Waals surface area contributed by atoms with Crippen LogP contribution in [0.25, 0.3) is 0 Å². The fourth-order valence-corrected chi connectivity index (χ4v) is 3.37. The Labute approximate surface area is 140 Å². The molecule has 6 heteroatoms. The van der Waals surface area contributed by atoms with Gasteiger partial charge in [0.1, 0.15) is 0 Å². The van der Waals surface area contributed by atoms with Crippen molar-refractivity contribution in [2.24, 2.45) is 7.05 Å². The smallest absolute Gasteiger partial charge is 0.318 e. The van der Waals surface area contributed by atoms with Gasteiger partial charge in [0.25, 0.3) is 0 Å². The number of hydrogen-bond donors (Lipinski definition) is 2. The molecule has 3 rings (SSSR count). The molecule has 23 heavy (non-hydrogen) atoms. The maximum Gasteiger partial charge on any atom is 0.318 e. The van der Waals surface area contributed by atoms with E-state index in [-0.39, 0.29) is 18.7 Å². The second-order valence-corrected chi connectivity index (χ2v) is 6.20. The molecule has 2 aromatic rings. The fraction of sp³-hybridized carbons (Fsp3) is 0.353. The summed E-state index contributed by atoms with van der Waals surface area (Å²) in [5.74, 6) is 0. The first-order valence-electron chi connectivity index (χ1n) is 7.64. The number of nitrogens with zero attached hydrogens (tertiary/aromatic N) is 2. The molecule has 0 radical (unpaired) electrons. The number of urea groups is 1. The molecule has 1 aliphatic rings. The van der Waals surface area contributed by atoms with Crippen LogP contribution >= 0.6 is 11.6 Å². The first-order valence-corrected chi connectivity index (χ1v) is 8.02. The Kier molecular flexibility index (Phi) is 4.59. The summed E-state index contributed by atoms with van der Waals surface area (Å²) in [6.07, 6.45) is 2.60. The van der Waals surface area contributed by atoms with E-state index in [1.807, 2.05) is 35.9 Å². The third-order valence-electron chi connectivity index (χ3n) is 4.34. The summed E-state index contributed by atoms with van der Waals surface area (Å²) in [7, 11) is 1.89. The van der Waals surface area contributed by atoms with Crippen LogP contribution in [-0.2, 0) is 20.0 Å². The van der Waals surface area contributed by atoms with Crippen LogP contribution in [0.1, 0.15) is 22.9 Å². The van der Waals surface area contributed by atoms with Crippen LogP contribution in [0.4, 0.5) is 4.79 Å². The predicted molar refractivity (Wildman–Crippen MR) is 89.3 cm³/mol. The van der Waals surface area contributed by atoms with Gasteiger partial charge in [0.15, 0.2) is 0 Å². The summed E-state index contributed by atoms with van der Waals surface area (Å²) in [5, 5.41) is 13.3. The highest BCUT2D eigenvalue weighted by atomic mass is 35.5. The molecule has 0 spiro atoms. The van der Waals surface area contributed by atoms with E-state index >= 15 is 0 Å². The predicted octanol–water partition coefficient (Wildman–Crippen LogP) is 2.48. The zero-order chi connectivity index (χ0) is 16.4. The number of halogens is 1. The maximum atomic E-state index is 12.5. The molecule has 0 saturated heterocycles. The lowest BCUT2D eigenvalue weighted by Crippen LogP contribution is -2.46. The molecular formula is C17H20ClN3O2. The molecular weight excluding hydrogens is 314 g/mol. The number of rotatable bonds is 3. The van der Waals surface area contributed by atoms with Gasteiger partial charge in [0.05, 0.1) is 24.2 Å². The molecule has 0 bridgehead atoms. The molecule has 0 unspecified atom stereocenters. The van der Waals surface area contributed by atoms with Gasteiger partial charge in [0, 0.05) is 25.5 Å². The van der Waals surface area contributed by atoms with Gasteiger partial charge >= 0.3 is 6.03 Å². The number of amides is 2. The third-order valence-corrected chi connectivity index (χ3v) is 4.55. The zero-order valence-corrected chi connectivity index (χ0v) is 13.8. The average molecular weight is 334 g/mol. The van der Waals surface area contributed by atoms with Gasteiger partial charge in [-0.2, -0.15) is 0 Å². The lowest BCUT2D eigenvalue weighted by atomic mass is 9.93. The Morgan fingerprint density at radius 2 is 2.22 bits per heavy atom. The minimum atomic E-state index is -0.294. The van der Waals surface area contributed by atoms with Crippen LogP contribution in [0, 0.1) is 0 Å². The normalized spacial score (nSPS) is 17.0.